The normalized spacial score (nSPS) is 22.3. The van der Waals surface area contributed by atoms with Crippen LogP contribution in [-0.4, -0.2) is 36.5 Å². The molecule has 2 aromatic rings. The van der Waals surface area contributed by atoms with E-state index >= 15 is 0 Å². The average molecular weight is 335 g/mol. The fraction of sp³-hybridized carbons (Fsp3) is 0.500. The van der Waals surface area contributed by atoms with Gasteiger partial charge in [0, 0.05) is 24.5 Å². The highest BCUT2D eigenvalue weighted by molar-refractivity contribution is 6.05. The SMILES string of the molecule is Cl.O=C(c1coc2ccccc12)N1CCC(C2CCCN2)CC1. The first-order valence-electron chi connectivity index (χ1n) is 8.32. The molecule has 1 amide bonds. The van der Waals surface area contributed by atoms with Crippen molar-refractivity contribution >= 4 is 29.3 Å². The lowest BCUT2D eigenvalue weighted by Crippen LogP contribution is -2.43. The Morgan fingerprint density at radius 2 is 1.96 bits per heavy atom. The van der Waals surface area contributed by atoms with E-state index in [4.69, 9.17) is 4.42 Å². The van der Waals surface area contributed by atoms with Crippen molar-refractivity contribution in [3.63, 3.8) is 0 Å². The first-order valence-corrected chi connectivity index (χ1v) is 8.32. The molecule has 23 heavy (non-hydrogen) atoms. The Balaban J connectivity index is 0.00000156. The van der Waals surface area contributed by atoms with Crippen molar-refractivity contribution in [2.45, 2.75) is 31.7 Å². The van der Waals surface area contributed by atoms with Gasteiger partial charge in [-0.05, 0) is 44.2 Å². The third-order valence-corrected chi connectivity index (χ3v) is 5.21. The van der Waals surface area contributed by atoms with Crippen LogP contribution in [0.3, 0.4) is 0 Å². The van der Waals surface area contributed by atoms with Crippen molar-refractivity contribution in [1.82, 2.24) is 10.2 Å². The van der Waals surface area contributed by atoms with Crippen LogP contribution in [0.4, 0.5) is 0 Å². The molecule has 3 heterocycles. The summed E-state index contributed by atoms with van der Waals surface area (Å²) in [6.45, 7) is 2.88. The summed E-state index contributed by atoms with van der Waals surface area (Å²) >= 11 is 0. The second-order valence-electron chi connectivity index (χ2n) is 6.48. The fourth-order valence-corrected chi connectivity index (χ4v) is 3.93. The number of carbonyl (C=O) groups is 1. The van der Waals surface area contributed by atoms with Crippen molar-refractivity contribution in [1.29, 1.82) is 0 Å². The Labute approximate surface area is 142 Å². The summed E-state index contributed by atoms with van der Waals surface area (Å²) in [4.78, 5) is 14.7. The summed E-state index contributed by atoms with van der Waals surface area (Å²) in [6, 6.07) is 8.42. The van der Waals surface area contributed by atoms with Gasteiger partial charge in [-0.15, -0.1) is 12.4 Å². The number of amides is 1. The molecule has 5 heteroatoms. The first-order chi connectivity index (χ1) is 10.8. The molecule has 2 saturated heterocycles. The van der Waals surface area contributed by atoms with E-state index in [-0.39, 0.29) is 18.3 Å². The molecule has 2 fully saturated rings. The summed E-state index contributed by atoms with van der Waals surface area (Å²) in [5.41, 5.74) is 1.49. The molecule has 1 aromatic carbocycles. The molecular weight excluding hydrogens is 312 g/mol. The average Bonchev–Trinajstić information content (AvgIpc) is 3.24. The van der Waals surface area contributed by atoms with E-state index in [0.717, 1.165) is 49.4 Å². The van der Waals surface area contributed by atoms with Gasteiger partial charge in [-0.1, -0.05) is 18.2 Å². The van der Waals surface area contributed by atoms with Crippen LogP contribution >= 0.6 is 12.4 Å². The van der Waals surface area contributed by atoms with Crippen LogP contribution in [0, 0.1) is 5.92 Å². The maximum atomic E-state index is 12.8. The quantitative estimate of drug-likeness (QED) is 0.914. The van der Waals surface area contributed by atoms with E-state index in [1.54, 1.807) is 6.26 Å². The van der Waals surface area contributed by atoms with Crippen molar-refractivity contribution in [2.75, 3.05) is 19.6 Å². The molecule has 0 bridgehead atoms. The lowest BCUT2D eigenvalue weighted by molar-refractivity contribution is 0.0675. The maximum absolute atomic E-state index is 12.8. The summed E-state index contributed by atoms with van der Waals surface area (Å²) in [6.07, 6.45) is 6.42. The fourth-order valence-electron chi connectivity index (χ4n) is 3.93. The predicted molar refractivity (Wildman–Crippen MR) is 93.1 cm³/mol. The zero-order chi connectivity index (χ0) is 14.9. The minimum Gasteiger partial charge on any atom is -0.463 e. The van der Waals surface area contributed by atoms with E-state index in [9.17, 15) is 4.79 Å². The predicted octanol–water partition coefficient (Wildman–Crippen LogP) is 3.46. The summed E-state index contributed by atoms with van der Waals surface area (Å²) in [7, 11) is 0. The summed E-state index contributed by atoms with van der Waals surface area (Å²) in [5.74, 6) is 0.843. The topological polar surface area (TPSA) is 45.5 Å². The van der Waals surface area contributed by atoms with Gasteiger partial charge in [0.15, 0.2) is 0 Å². The Kier molecular flexibility index (Phi) is 4.93. The zero-order valence-corrected chi connectivity index (χ0v) is 14.0. The first kappa shape index (κ1) is 16.3. The van der Waals surface area contributed by atoms with Gasteiger partial charge in [0.1, 0.15) is 11.8 Å². The molecule has 4 rings (SSSR count). The van der Waals surface area contributed by atoms with Crippen molar-refractivity contribution in [3.05, 3.63) is 36.1 Å². The van der Waals surface area contributed by atoms with Gasteiger partial charge < -0.3 is 14.6 Å². The lowest BCUT2D eigenvalue weighted by atomic mass is 9.88. The Bertz CT molecular complexity index is 670. The number of likely N-dealkylation sites (tertiary alicyclic amines) is 1. The van der Waals surface area contributed by atoms with Crippen LogP contribution < -0.4 is 5.32 Å². The molecule has 124 valence electrons. The number of nitrogens with zero attached hydrogens (tertiary/aromatic N) is 1. The molecule has 0 spiro atoms. The highest BCUT2D eigenvalue weighted by Crippen LogP contribution is 2.28. The molecule has 0 aliphatic carbocycles. The standard InChI is InChI=1S/C18H22N2O2.ClH/c21-18(15-12-22-17-6-2-1-4-14(15)17)20-10-7-13(8-11-20)16-5-3-9-19-16;/h1-2,4,6,12-13,16,19H,3,5,7-11H2;1H. The van der Waals surface area contributed by atoms with Crippen LogP contribution in [0.25, 0.3) is 11.0 Å². The number of rotatable bonds is 2. The zero-order valence-electron chi connectivity index (χ0n) is 13.2. The largest absolute Gasteiger partial charge is 0.463 e. The Hall–Kier alpha value is -1.52. The van der Waals surface area contributed by atoms with E-state index in [1.165, 1.54) is 12.8 Å². The molecular formula is C18H23ClN2O2. The van der Waals surface area contributed by atoms with Crippen LogP contribution in [0.5, 0.6) is 0 Å². The second-order valence-corrected chi connectivity index (χ2v) is 6.48. The Morgan fingerprint density at radius 3 is 2.70 bits per heavy atom. The molecule has 2 aliphatic rings. The highest BCUT2D eigenvalue weighted by atomic mass is 35.5. The van der Waals surface area contributed by atoms with Gasteiger partial charge in [-0.2, -0.15) is 0 Å². The van der Waals surface area contributed by atoms with E-state index in [2.05, 4.69) is 5.32 Å². The van der Waals surface area contributed by atoms with Gasteiger partial charge >= 0.3 is 0 Å². The van der Waals surface area contributed by atoms with E-state index in [0.29, 0.717) is 11.6 Å². The third kappa shape index (κ3) is 3.10. The van der Waals surface area contributed by atoms with Crippen LogP contribution in [0.1, 0.15) is 36.0 Å². The second kappa shape index (κ2) is 6.93. The Morgan fingerprint density at radius 1 is 1.17 bits per heavy atom. The minimum absolute atomic E-state index is 0. The smallest absolute Gasteiger partial charge is 0.257 e. The molecule has 4 nitrogen and oxygen atoms in total. The third-order valence-electron chi connectivity index (χ3n) is 5.21. The highest BCUT2D eigenvalue weighted by Gasteiger charge is 2.30. The molecule has 1 unspecified atom stereocenters. The molecule has 1 N–H and O–H groups in total. The number of carbonyl (C=O) groups excluding carboxylic acids is 1. The minimum atomic E-state index is 0. The molecule has 0 saturated carbocycles. The maximum Gasteiger partial charge on any atom is 0.257 e. The van der Waals surface area contributed by atoms with E-state index < -0.39 is 0 Å². The lowest BCUT2D eigenvalue weighted by Gasteiger charge is -2.34. The number of para-hydroxylation sites is 1. The van der Waals surface area contributed by atoms with Crippen molar-refractivity contribution < 1.29 is 9.21 Å². The van der Waals surface area contributed by atoms with Crippen molar-refractivity contribution in [3.8, 4) is 0 Å². The van der Waals surface area contributed by atoms with Gasteiger partial charge in [-0.25, -0.2) is 0 Å². The number of fused-ring (bicyclic) bond motifs is 1. The number of nitrogens with one attached hydrogen (secondary N) is 1. The van der Waals surface area contributed by atoms with Gasteiger partial charge in [0.2, 0.25) is 0 Å². The number of piperidine rings is 1. The number of hydrogen-bond donors (Lipinski definition) is 1. The number of benzene rings is 1. The van der Waals surface area contributed by atoms with Gasteiger partial charge in [-0.3, -0.25) is 4.79 Å². The monoisotopic (exact) mass is 334 g/mol. The number of hydrogen-bond acceptors (Lipinski definition) is 3. The molecule has 1 aromatic heterocycles. The molecule has 2 aliphatic heterocycles. The van der Waals surface area contributed by atoms with Gasteiger partial charge in [0.05, 0.1) is 5.56 Å². The summed E-state index contributed by atoms with van der Waals surface area (Å²) in [5, 5.41) is 4.53. The number of halogens is 1. The van der Waals surface area contributed by atoms with Crippen LogP contribution in [-0.2, 0) is 0 Å². The van der Waals surface area contributed by atoms with Crippen LogP contribution in [0.2, 0.25) is 0 Å². The molecule has 1 atom stereocenters. The summed E-state index contributed by atoms with van der Waals surface area (Å²) < 4.78 is 5.51. The van der Waals surface area contributed by atoms with Crippen molar-refractivity contribution in [2.24, 2.45) is 5.92 Å². The number of furan rings is 1. The molecule has 0 radical (unpaired) electrons. The van der Waals surface area contributed by atoms with Gasteiger partial charge in [0.25, 0.3) is 5.91 Å². The van der Waals surface area contributed by atoms with E-state index in [1.807, 2.05) is 29.2 Å². The van der Waals surface area contributed by atoms with Crippen LogP contribution in [0.15, 0.2) is 34.9 Å².